The molecule has 1 aromatic carbocycles. The highest BCUT2D eigenvalue weighted by Gasteiger charge is 2.14. The number of rotatable bonds is 5. The Morgan fingerprint density at radius 1 is 1.36 bits per heavy atom. The number of methoxy groups -OCH3 is 1. The Labute approximate surface area is 125 Å². The topological polar surface area (TPSA) is 81.4 Å². The molecule has 0 amide bonds. The molecule has 0 aliphatic heterocycles. The first-order chi connectivity index (χ1) is 10.5. The molecule has 6 nitrogen and oxygen atoms in total. The summed E-state index contributed by atoms with van der Waals surface area (Å²) in [5, 5.41) is 9.76. The number of esters is 1. The number of hydrogen-bond donors (Lipinski definition) is 1. The van der Waals surface area contributed by atoms with Gasteiger partial charge in [0, 0.05) is 18.8 Å². The van der Waals surface area contributed by atoms with Crippen LogP contribution in [0.15, 0.2) is 42.9 Å². The number of imidazole rings is 1. The highest BCUT2D eigenvalue weighted by atomic mass is 19.1. The molecule has 1 heterocycles. The third-order valence-corrected chi connectivity index (χ3v) is 2.83. The van der Waals surface area contributed by atoms with Gasteiger partial charge >= 0.3 is 5.97 Å². The van der Waals surface area contributed by atoms with E-state index in [0.29, 0.717) is 6.54 Å². The van der Waals surface area contributed by atoms with Gasteiger partial charge in [-0.15, -0.1) is 0 Å². The molecule has 1 N–H and O–H groups in total. The number of aliphatic hydroxyl groups is 1. The Bertz CT molecular complexity index is 719. The summed E-state index contributed by atoms with van der Waals surface area (Å²) in [4.78, 5) is 26.2. The molecule has 7 heteroatoms. The van der Waals surface area contributed by atoms with Crippen LogP contribution in [0.4, 0.5) is 4.39 Å². The molecule has 2 aromatic rings. The van der Waals surface area contributed by atoms with Crippen LogP contribution in [-0.4, -0.2) is 33.5 Å². The first-order valence-corrected chi connectivity index (χ1v) is 6.29. The van der Waals surface area contributed by atoms with Crippen molar-refractivity contribution in [3.8, 4) is 0 Å². The second kappa shape index (κ2) is 6.66. The van der Waals surface area contributed by atoms with Gasteiger partial charge in [-0.3, -0.25) is 4.79 Å². The SMILES string of the molecule is COC(=O)C(=O)C=C(O)c1cn(Cc2ccc(F)cc2)cn1. The van der Waals surface area contributed by atoms with Crippen LogP contribution in [0.25, 0.3) is 5.76 Å². The van der Waals surface area contributed by atoms with Gasteiger partial charge < -0.3 is 14.4 Å². The van der Waals surface area contributed by atoms with Crippen LogP contribution in [0.1, 0.15) is 11.3 Å². The lowest BCUT2D eigenvalue weighted by atomic mass is 10.2. The molecule has 0 spiro atoms. The highest BCUT2D eigenvalue weighted by Crippen LogP contribution is 2.11. The summed E-state index contributed by atoms with van der Waals surface area (Å²) in [5.74, 6) is -2.81. The van der Waals surface area contributed by atoms with Gasteiger partial charge in [-0.05, 0) is 17.7 Å². The maximum absolute atomic E-state index is 12.8. The second-order valence-corrected chi connectivity index (χ2v) is 4.44. The van der Waals surface area contributed by atoms with Crippen molar-refractivity contribution in [2.75, 3.05) is 7.11 Å². The van der Waals surface area contributed by atoms with E-state index in [9.17, 15) is 19.1 Å². The first kappa shape index (κ1) is 15.4. The quantitative estimate of drug-likeness (QED) is 0.393. The van der Waals surface area contributed by atoms with E-state index < -0.39 is 17.5 Å². The van der Waals surface area contributed by atoms with Crippen LogP contribution in [0.5, 0.6) is 0 Å². The molecule has 0 saturated carbocycles. The van der Waals surface area contributed by atoms with Crippen molar-refractivity contribution in [1.29, 1.82) is 0 Å². The van der Waals surface area contributed by atoms with E-state index in [1.165, 1.54) is 24.7 Å². The fourth-order valence-electron chi connectivity index (χ4n) is 1.74. The Balaban J connectivity index is 2.10. The second-order valence-electron chi connectivity index (χ2n) is 4.44. The number of hydrogen-bond acceptors (Lipinski definition) is 5. The molecule has 0 unspecified atom stereocenters. The van der Waals surface area contributed by atoms with Crippen LogP contribution in [0.3, 0.4) is 0 Å². The summed E-state index contributed by atoms with van der Waals surface area (Å²) in [6.45, 7) is 0.422. The molecule has 0 fully saturated rings. The number of aromatic nitrogens is 2. The summed E-state index contributed by atoms with van der Waals surface area (Å²) in [6.07, 6.45) is 3.70. The Kier molecular flexibility index (Phi) is 4.67. The van der Waals surface area contributed by atoms with Gasteiger partial charge in [-0.1, -0.05) is 12.1 Å². The van der Waals surface area contributed by atoms with Gasteiger partial charge in [0.15, 0.2) is 0 Å². The maximum Gasteiger partial charge on any atom is 0.378 e. The molecule has 0 bridgehead atoms. The molecule has 114 valence electrons. The van der Waals surface area contributed by atoms with Crippen LogP contribution >= 0.6 is 0 Å². The largest absolute Gasteiger partial charge is 0.505 e. The average Bonchev–Trinajstić information content (AvgIpc) is 2.97. The summed E-state index contributed by atoms with van der Waals surface area (Å²) in [7, 11) is 1.07. The molecule has 1 aromatic heterocycles. The molecule has 22 heavy (non-hydrogen) atoms. The molecular formula is C15H13FN2O4. The lowest BCUT2D eigenvalue weighted by Crippen LogP contribution is -2.13. The number of halogens is 1. The number of ether oxygens (including phenoxy) is 1. The van der Waals surface area contributed by atoms with Crippen molar-refractivity contribution in [1.82, 2.24) is 9.55 Å². The molecule has 0 aliphatic carbocycles. The zero-order chi connectivity index (χ0) is 16.1. The minimum absolute atomic E-state index is 0.138. The number of ketones is 1. The van der Waals surface area contributed by atoms with Gasteiger partial charge in [0.1, 0.15) is 17.3 Å². The van der Waals surface area contributed by atoms with E-state index in [0.717, 1.165) is 18.7 Å². The van der Waals surface area contributed by atoms with Crippen molar-refractivity contribution in [3.63, 3.8) is 0 Å². The van der Waals surface area contributed by atoms with Crippen molar-refractivity contribution >= 4 is 17.5 Å². The smallest absolute Gasteiger partial charge is 0.378 e. The fraction of sp³-hybridized carbons (Fsp3) is 0.133. The van der Waals surface area contributed by atoms with Gasteiger partial charge in [0.2, 0.25) is 0 Å². The third-order valence-electron chi connectivity index (χ3n) is 2.83. The molecule has 0 atom stereocenters. The third kappa shape index (κ3) is 3.78. The Morgan fingerprint density at radius 3 is 2.68 bits per heavy atom. The Morgan fingerprint density at radius 2 is 2.05 bits per heavy atom. The summed E-state index contributed by atoms with van der Waals surface area (Å²) in [5.41, 5.74) is 0.985. The lowest BCUT2D eigenvalue weighted by Gasteiger charge is -2.01. The zero-order valence-corrected chi connectivity index (χ0v) is 11.7. The van der Waals surface area contributed by atoms with Gasteiger partial charge in [0.05, 0.1) is 13.4 Å². The number of carbonyl (C=O) groups excluding carboxylic acids is 2. The highest BCUT2D eigenvalue weighted by molar-refractivity contribution is 6.39. The van der Waals surface area contributed by atoms with E-state index in [4.69, 9.17) is 0 Å². The fourth-order valence-corrected chi connectivity index (χ4v) is 1.74. The van der Waals surface area contributed by atoms with E-state index >= 15 is 0 Å². The summed E-state index contributed by atoms with van der Waals surface area (Å²) < 4.78 is 18.7. The monoisotopic (exact) mass is 304 g/mol. The van der Waals surface area contributed by atoms with Crippen LogP contribution < -0.4 is 0 Å². The van der Waals surface area contributed by atoms with Crippen molar-refractivity contribution in [2.24, 2.45) is 0 Å². The minimum Gasteiger partial charge on any atom is -0.505 e. The van der Waals surface area contributed by atoms with Gasteiger partial charge in [-0.2, -0.15) is 0 Å². The lowest BCUT2D eigenvalue weighted by molar-refractivity contribution is -0.149. The standard InChI is InChI=1S/C15H13FN2O4/c1-22-15(21)14(20)6-13(19)12-8-18(9-17-12)7-10-2-4-11(16)5-3-10/h2-6,8-9,19H,7H2,1H3. The van der Waals surface area contributed by atoms with E-state index in [1.807, 2.05) is 0 Å². The molecule has 2 rings (SSSR count). The Hall–Kier alpha value is -2.96. The predicted octanol–water partition coefficient (Wildman–Crippen LogP) is 1.71. The predicted molar refractivity (Wildman–Crippen MR) is 75.4 cm³/mol. The first-order valence-electron chi connectivity index (χ1n) is 6.29. The van der Waals surface area contributed by atoms with Gasteiger partial charge in [-0.25, -0.2) is 14.2 Å². The molecule has 0 saturated heterocycles. The van der Waals surface area contributed by atoms with Crippen molar-refractivity contribution < 1.29 is 23.8 Å². The van der Waals surface area contributed by atoms with E-state index in [2.05, 4.69) is 9.72 Å². The average molecular weight is 304 g/mol. The zero-order valence-electron chi connectivity index (χ0n) is 11.7. The maximum atomic E-state index is 12.8. The number of nitrogens with zero attached hydrogens (tertiary/aromatic N) is 2. The van der Waals surface area contributed by atoms with E-state index in [1.54, 1.807) is 16.7 Å². The van der Waals surface area contributed by atoms with Crippen molar-refractivity contribution in [3.05, 3.63) is 59.9 Å². The van der Waals surface area contributed by atoms with Crippen LogP contribution in [0, 0.1) is 5.82 Å². The summed E-state index contributed by atoms with van der Waals surface area (Å²) in [6, 6.07) is 5.95. The van der Waals surface area contributed by atoms with Crippen molar-refractivity contribution in [2.45, 2.75) is 6.54 Å². The molecular weight excluding hydrogens is 291 g/mol. The van der Waals surface area contributed by atoms with Crippen LogP contribution in [0.2, 0.25) is 0 Å². The molecule has 0 radical (unpaired) electrons. The summed E-state index contributed by atoms with van der Waals surface area (Å²) >= 11 is 0. The van der Waals surface area contributed by atoms with Crippen LogP contribution in [-0.2, 0) is 20.9 Å². The van der Waals surface area contributed by atoms with Gasteiger partial charge in [0.25, 0.3) is 5.78 Å². The number of benzene rings is 1. The number of carbonyl (C=O) groups is 2. The number of aliphatic hydroxyl groups excluding tert-OH is 1. The minimum atomic E-state index is -1.07. The molecule has 0 aliphatic rings. The normalized spacial score (nSPS) is 11.3. The van der Waals surface area contributed by atoms with E-state index in [-0.39, 0.29) is 11.5 Å².